The highest BCUT2D eigenvalue weighted by Gasteiger charge is 2.32. The van der Waals surface area contributed by atoms with Crippen molar-refractivity contribution in [1.82, 2.24) is 0 Å². The first-order valence-corrected chi connectivity index (χ1v) is 5.77. The van der Waals surface area contributed by atoms with Crippen LogP contribution in [0.25, 0.3) is 0 Å². The highest BCUT2D eigenvalue weighted by molar-refractivity contribution is 6.33. The summed E-state index contributed by atoms with van der Waals surface area (Å²) in [5, 5.41) is 28.4. The third-order valence-electron chi connectivity index (χ3n) is 3.06. The van der Waals surface area contributed by atoms with Crippen LogP contribution < -0.4 is 4.90 Å². The summed E-state index contributed by atoms with van der Waals surface area (Å²) in [6, 6.07) is 7.23. The summed E-state index contributed by atoms with van der Waals surface area (Å²) in [7, 11) is 0. The fourth-order valence-corrected chi connectivity index (χ4v) is 2.44. The molecule has 2 atom stereocenters. The van der Waals surface area contributed by atoms with Gasteiger partial charge in [-0.25, -0.2) is 0 Å². The fourth-order valence-electron chi connectivity index (χ4n) is 2.14. The van der Waals surface area contributed by atoms with Gasteiger partial charge in [-0.3, -0.25) is 0 Å². The first-order chi connectivity index (χ1) is 8.17. The van der Waals surface area contributed by atoms with Crippen molar-refractivity contribution < 1.29 is 10.2 Å². The van der Waals surface area contributed by atoms with E-state index in [9.17, 15) is 5.11 Å². The van der Waals surface area contributed by atoms with Crippen molar-refractivity contribution in [3.63, 3.8) is 0 Å². The number of hydrogen-bond donors (Lipinski definition) is 2. The van der Waals surface area contributed by atoms with Gasteiger partial charge < -0.3 is 15.1 Å². The Balaban J connectivity index is 2.33. The average molecular weight is 253 g/mol. The lowest BCUT2D eigenvalue weighted by Crippen LogP contribution is -2.22. The Morgan fingerprint density at radius 2 is 2.24 bits per heavy atom. The predicted octanol–water partition coefficient (Wildman–Crippen LogP) is 1.00. The van der Waals surface area contributed by atoms with Crippen LogP contribution >= 0.6 is 11.6 Å². The van der Waals surface area contributed by atoms with E-state index in [4.69, 9.17) is 22.0 Å². The van der Waals surface area contributed by atoms with Crippen molar-refractivity contribution in [2.45, 2.75) is 6.10 Å². The van der Waals surface area contributed by atoms with Crippen molar-refractivity contribution in [3.8, 4) is 6.07 Å². The summed E-state index contributed by atoms with van der Waals surface area (Å²) in [6.07, 6.45) is -0.581. The molecule has 1 aromatic rings. The molecule has 0 aliphatic carbocycles. The normalized spacial score (nSPS) is 23.8. The molecular formula is C12H13ClN2O2. The van der Waals surface area contributed by atoms with E-state index in [2.05, 4.69) is 6.07 Å². The number of nitriles is 1. The molecule has 1 heterocycles. The van der Waals surface area contributed by atoms with Crippen molar-refractivity contribution in [2.75, 3.05) is 24.6 Å². The number of nitrogens with zero attached hydrogens (tertiary/aromatic N) is 2. The number of aliphatic hydroxyl groups is 2. The molecule has 0 saturated carbocycles. The van der Waals surface area contributed by atoms with E-state index in [1.54, 1.807) is 18.2 Å². The van der Waals surface area contributed by atoms with Gasteiger partial charge in [0.25, 0.3) is 0 Å². The number of anilines is 1. The van der Waals surface area contributed by atoms with Crippen LogP contribution in [0.4, 0.5) is 5.69 Å². The fraction of sp³-hybridized carbons (Fsp3) is 0.417. The zero-order valence-corrected chi connectivity index (χ0v) is 9.93. The molecule has 1 saturated heterocycles. The lowest BCUT2D eigenvalue weighted by Gasteiger charge is -2.20. The quantitative estimate of drug-likeness (QED) is 0.824. The Hall–Kier alpha value is -1.28. The minimum absolute atomic E-state index is 0.0655. The van der Waals surface area contributed by atoms with E-state index in [-0.39, 0.29) is 12.5 Å². The van der Waals surface area contributed by atoms with Gasteiger partial charge in [-0.1, -0.05) is 17.7 Å². The lowest BCUT2D eigenvalue weighted by atomic mass is 10.1. The van der Waals surface area contributed by atoms with Crippen LogP contribution in [0, 0.1) is 17.2 Å². The van der Waals surface area contributed by atoms with Crippen LogP contribution in [-0.4, -0.2) is 36.0 Å². The molecule has 17 heavy (non-hydrogen) atoms. The second-order valence-corrected chi connectivity index (χ2v) is 4.57. The maximum Gasteiger partial charge on any atom is 0.101 e. The van der Waals surface area contributed by atoms with Gasteiger partial charge in [0.15, 0.2) is 0 Å². The zero-order valence-electron chi connectivity index (χ0n) is 9.17. The Bertz CT molecular complexity index is 458. The maximum atomic E-state index is 9.75. The number of para-hydroxylation sites is 1. The van der Waals surface area contributed by atoms with Crippen LogP contribution in [0.3, 0.4) is 0 Å². The Morgan fingerprint density at radius 1 is 1.47 bits per heavy atom. The molecule has 0 bridgehead atoms. The molecule has 0 amide bonds. The molecule has 1 aromatic carbocycles. The van der Waals surface area contributed by atoms with Gasteiger partial charge in [-0.15, -0.1) is 0 Å². The van der Waals surface area contributed by atoms with Crippen molar-refractivity contribution in [2.24, 2.45) is 5.92 Å². The van der Waals surface area contributed by atoms with Gasteiger partial charge in [-0.2, -0.15) is 5.26 Å². The van der Waals surface area contributed by atoms with E-state index in [0.29, 0.717) is 29.4 Å². The molecule has 1 fully saturated rings. The van der Waals surface area contributed by atoms with E-state index < -0.39 is 6.10 Å². The second-order valence-electron chi connectivity index (χ2n) is 4.16. The molecule has 1 aliphatic rings. The molecular weight excluding hydrogens is 240 g/mol. The minimum atomic E-state index is -0.581. The lowest BCUT2D eigenvalue weighted by molar-refractivity contribution is 0.104. The summed E-state index contributed by atoms with van der Waals surface area (Å²) < 4.78 is 0. The number of halogens is 1. The Labute approximate surface area is 105 Å². The molecule has 2 unspecified atom stereocenters. The number of benzene rings is 1. The van der Waals surface area contributed by atoms with Crippen LogP contribution in [0.1, 0.15) is 5.56 Å². The molecule has 4 nitrogen and oxygen atoms in total. The SMILES string of the molecule is N#Cc1cccc(Cl)c1N1CC(O)C(CO)C1. The average Bonchev–Trinajstić information content (AvgIpc) is 2.69. The standard InChI is InChI=1S/C12H13ClN2O2/c13-10-3-1-2-8(4-14)12(10)15-5-9(7-16)11(17)6-15/h1-3,9,11,16-17H,5-7H2. The first kappa shape index (κ1) is 12.2. The summed E-state index contributed by atoms with van der Waals surface area (Å²) >= 11 is 6.09. The number of β-amino-alcohol motifs (C(OH)–C–C–N with tert-alkyl or cyclic N) is 1. The molecule has 0 aromatic heterocycles. The molecule has 2 rings (SSSR count). The topological polar surface area (TPSA) is 67.5 Å². The van der Waals surface area contributed by atoms with Gasteiger partial charge >= 0.3 is 0 Å². The summed E-state index contributed by atoms with van der Waals surface area (Å²) in [4.78, 5) is 1.85. The molecule has 0 spiro atoms. The number of aliphatic hydroxyl groups excluding tert-OH is 2. The van der Waals surface area contributed by atoms with E-state index in [1.165, 1.54) is 0 Å². The summed E-state index contributed by atoms with van der Waals surface area (Å²) in [5.74, 6) is -0.183. The van der Waals surface area contributed by atoms with Gasteiger partial charge in [0.2, 0.25) is 0 Å². The van der Waals surface area contributed by atoms with Gasteiger partial charge in [0, 0.05) is 19.0 Å². The van der Waals surface area contributed by atoms with Crippen LogP contribution in [0.15, 0.2) is 18.2 Å². The number of hydrogen-bond acceptors (Lipinski definition) is 4. The number of rotatable bonds is 2. The molecule has 90 valence electrons. The van der Waals surface area contributed by atoms with Crippen molar-refractivity contribution in [1.29, 1.82) is 5.26 Å². The Kier molecular flexibility index (Phi) is 3.53. The monoisotopic (exact) mass is 252 g/mol. The predicted molar refractivity (Wildman–Crippen MR) is 65.0 cm³/mol. The van der Waals surface area contributed by atoms with Gasteiger partial charge in [-0.05, 0) is 12.1 Å². The van der Waals surface area contributed by atoms with Crippen LogP contribution in [0.5, 0.6) is 0 Å². The second kappa shape index (κ2) is 4.92. The van der Waals surface area contributed by atoms with Crippen LogP contribution in [-0.2, 0) is 0 Å². The first-order valence-electron chi connectivity index (χ1n) is 5.40. The van der Waals surface area contributed by atoms with Crippen LogP contribution in [0.2, 0.25) is 5.02 Å². The Morgan fingerprint density at radius 3 is 2.82 bits per heavy atom. The van der Waals surface area contributed by atoms with Gasteiger partial charge in [0.1, 0.15) is 6.07 Å². The molecule has 0 radical (unpaired) electrons. The largest absolute Gasteiger partial charge is 0.396 e. The zero-order chi connectivity index (χ0) is 12.4. The molecule has 5 heteroatoms. The highest BCUT2D eigenvalue weighted by Crippen LogP contribution is 2.33. The maximum absolute atomic E-state index is 9.75. The van der Waals surface area contributed by atoms with Gasteiger partial charge in [0.05, 0.1) is 29.0 Å². The summed E-state index contributed by atoms with van der Waals surface area (Å²) in [5.41, 5.74) is 1.13. The highest BCUT2D eigenvalue weighted by atomic mass is 35.5. The molecule has 2 N–H and O–H groups in total. The smallest absolute Gasteiger partial charge is 0.101 e. The molecule has 1 aliphatic heterocycles. The third-order valence-corrected chi connectivity index (χ3v) is 3.37. The third kappa shape index (κ3) is 2.22. The van der Waals surface area contributed by atoms with Crippen molar-refractivity contribution in [3.05, 3.63) is 28.8 Å². The van der Waals surface area contributed by atoms with E-state index in [1.807, 2.05) is 4.90 Å². The van der Waals surface area contributed by atoms with Crippen molar-refractivity contribution >= 4 is 17.3 Å². The minimum Gasteiger partial charge on any atom is -0.396 e. The summed E-state index contributed by atoms with van der Waals surface area (Å²) in [6.45, 7) is 0.837. The van der Waals surface area contributed by atoms with E-state index >= 15 is 0 Å². The van der Waals surface area contributed by atoms with E-state index in [0.717, 1.165) is 0 Å².